The second-order valence-electron chi connectivity index (χ2n) is 5.89. The monoisotopic (exact) mass is 360 g/mol. The van der Waals surface area contributed by atoms with E-state index in [1.807, 2.05) is 20.2 Å². The van der Waals surface area contributed by atoms with Crippen molar-refractivity contribution in [2.75, 3.05) is 18.6 Å². The highest BCUT2D eigenvalue weighted by molar-refractivity contribution is 7.98. The van der Waals surface area contributed by atoms with Gasteiger partial charge in [-0.15, -0.1) is 11.8 Å². The standard InChI is InChI=1S/C18H21N3O3S/c1-13(20(2)12-14-7-9-17(25-3)10-8-14)18(22)19-15-5-4-6-16(11-15)21(23)24/h4-11,13H,12H2,1-3H3,(H,19,22)/p+1/t13-/m0/s1. The predicted octanol–water partition coefficient (Wildman–Crippen LogP) is 2.36. The summed E-state index contributed by atoms with van der Waals surface area (Å²) in [5.41, 5.74) is 1.55. The van der Waals surface area contributed by atoms with Gasteiger partial charge in [0.25, 0.3) is 11.6 Å². The Kier molecular flexibility index (Phi) is 6.55. The van der Waals surface area contributed by atoms with Crippen LogP contribution in [0.15, 0.2) is 53.4 Å². The molecule has 2 atom stereocenters. The van der Waals surface area contributed by atoms with E-state index < -0.39 is 4.92 Å². The molecule has 0 aliphatic heterocycles. The van der Waals surface area contributed by atoms with Crippen molar-refractivity contribution in [3.8, 4) is 0 Å². The van der Waals surface area contributed by atoms with E-state index in [4.69, 9.17) is 0 Å². The smallest absolute Gasteiger partial charge is 0.282 e. The molecule has 2 aromatic rings. The van der Waals surface area contributed by atoms with Gasteiger partial charge in [0.2, 0.25) is 0 Å². The number of rotatable bonds is 7. The first-order chi connectivity index (χ1) is 11.9. The van der Waals surface area contributed by atoms with Crippen molar-refractivity contribution < 1.29 is 14.6 Å². The molecule has 0 aliphatic rings. The lowest BCUT2D eigenvalue weighted by Gasteiger charge is -2.21. The van der Waals surface area contributed by atoms with Gasteiger partial charge >= 0.3 is 0 Å². The van der Waals surface area contributed by atoms with Gasteiger partial charge in [-0.2, -0.15) is 0 Å². The number of nitrogens with zero attached hydrogens (tertiary/aromatic N) is 1. The van der Waals surface area contributed by atoms with Crippen LogP contribution in [0.5, 0.6) is 0 Å². The highest BCUT2D eigenvalue weighted by Gasteiger charge is 2.22. The van der Waals surface area contributed by atoms with Crippen LogP contribution in [0.1, 0.15) is 12.5 Å². The fourth-order valence-corrected chi connectivity index (χ4v) is 2.80. The lowest BCUT2D eigenvalue weighted by Crippen LogP contribution is -3.12. The molecule has 7 heteroatoms. The van der Waals surface area contributed by atoms with Gasteiger partial charge in [0.1, 0.15) is 6.54 Å². The number of carbonyl (C=O) groups excluding carboxylic acids is 1. The first-order valence-corrected chi connectivity index (χ1v) is 9.13. The van der Waals surface area contributed by atoms with Crippen molar-refractivity contribution >= 4 is 29.0 Å². The molecule has 2 aromatic carbocycles. The van der Waals surface area contributed by atoms with Crippen LogP contribution in [0.3, 0.4) is 0 Å². The normalized spacial score (nSPS) is 13.1. The first kappa shape index (κ1) is 19.0. The van der Waals surface area contributed by atoms with Gasteiger partial charge in [-0.3, -0.25) is 14.9 Å². The van der Waals surface area contributed by atoms with Crippen LogP contribution in [0.4, 0.5) is 11.4 Å². The summed E-state index contributed by atoms with van der Waals surface area (Å²) in [7, 11) is 1.96. The third kappa shape index (κ3) is 5.30. The number of benzene rings is 2. The minimum Gasteiger partial charge on any atom is -0.324 e. The number of hydrogen-bond acceptors (Lipinski definition) is 4. The van der Waals surface area contributed by atoms with E-state index in [2.05, 4.69) is 29.6 Å². The number of nitrogens with one attached hydrogen (secondary N) is 2. The van der Waals surface area contributed by atoms with Gasteiger partial charge in [-0.05, 0) is 31.4 Å². The number of nitro benzene ring substituents is 1. The molecule has 1 unspecified atom stereocenters. The Morgan fingerprint density at radius 3 is 2.56 bits per heavy atom. The SMILES string of the molecule is CSc1ccc(C[NH+](C)[C@@H](C)C(=O)Nc2cccc([N+](=O)[O-])c2)cc1. The Balaban J connectivity index is 1.98. The van der Waals surface area contributed by atoms with E-state index in [1.165, 1.54) is 17.0 Å². The Labute approximate surface area is 151 Å². The summed E-state index contributed by atoms with van der Waals surface area (Å²) in [6, 6.07) is 14.0. The molecule has 0 radical (unpaired) electrons. The van der Waals surface area contributed by atoms with Gasteiger partial charge in [-0.1, -0.05) is 18.2 Å². The third-order valence-electron chi connectivity index (χ3n) is 4.10. The van der Waals surface area contributed by atoms with Gasteiger partial charge in [0.15, 0.2) is 6.04 Å². The summed E-state index contributed by atoms with van der Waals surface area (Å²) in [5.74, 6) is -0.168. The lowest BCUT2D eigenvalue weighted by atomic mass is 10.2. The van der Waals surface area contributed by atoms with Crippen molar-refractivity contribution in [1.82, 2.24) is 0 Å². The van der Waals surface area contributed by atoms with E-state index in [1.54, 1.807) is 23.9 Å². The molecule has 0 fully saturated rings. The highest BCUT2D eigenvalue weighted by Crippen LogP contribution is 2.17. The van der Waals surface area contributed by atoms with Crippen LogP contribution < -0.4 is 10.2 Å². The van der Waals surface area contributed by atoms with E-state index in [0.717, 1.165) is 17.0 Å². The molecule has 0 spiro atoms. The molecule has 2 rings (SSSR count). The minimum absolute atomic E-state index is 0.0416. The molecule has 132 valence electrons. The number of anilines is 1. The fraction of sp³-hybridized carbons (Fsp3) is 0.278. The molecule has 0 aliphatic carbocycles. The molecule has 0 bridgehead atoms. The summed E-state index contributed by atoms with van der Waals surface area (Å²) in [5, 5.41) is 13.6. The van der Waals surface area contributed by atoms with Crippen molar-refractivity contribution in [3.05, 3.63) is 64.2 Å². The summed E-state index contributed by atoms with van der Waals surface area (Å²) < 4.78 is 0. The molecule has 25 heavy (non-hydrogen) atoms. The number of amides is 1. The number of quaternary nitrogens is 1. The summed E-state index contributed by atoms with van der Waals surface area (Å²) in [6.07, 6.45) is 2.03. The van der Waals surface area contributed by atoms with Crippen LogP contribution in [0.2, 0.25) is 0 Å². The number of thioether (sulfide) groups is 1. The Hall–Kier alpha value is -2.38. The topological polar surface area (TPSA) is 76.7 Å². The minimum atomic E-state index is -0.477. The van der Waals surface area contributed by atoms with Crippen LogP contribution in [0, 0.1) is 10.1 Å². The molecule has 0 saturated heterocycles. The zero-order valence-corrected chi connectivity index (χ0v) is 15.3. The van der Waals surface area contributed by atoms with E-state index in [9.17, 15) is 14.9 Å². The zero-order valence-electron chi connectivity index (χ0n) is 14.5. The summed E-state index contributed by atoms with van der Waals surface area (Å²) in [4.78, 5) is 25.0. The Bertz CT molecular complexity index is 749. The van der Waals surface area contributed by atoms with Crippen LogP contribution in [0.25, 0.3) is 0 Å². The average Bonchev–Trinajstić information content (AvgIpc) is 2.61. The van der Waals surface area contributed by atoms with Gasteiger partial charge in [0.05, 0.1) is 12.0 Å². The molecule has 6 nitrogen and oxygen atoms in total. The van der Waals surface area contributed by atoms with Crippen LogP contribution in [-0.2, 0) is 11.3 Å². The average molecular weight is 360 g/mol. The maximum Gasteiger partial charge on any atom is 0.282 e. The maximum atomic E-state index is 12.4. The molecular weight excluding hydrogens is 338 g/mol. The van der Waals surface area contributed by atoms with E-state index >= 15 is 0 Å². The molecule has 0 heterocycles. The molecule has 1 amide bonds. The number of hydrogen-bond donors (Lipinski definition) is 2. The fourth-order valence-electron chi connectivity index (χ4n) is 2.39. The van der Waals surface area contributed by atoms with Crippen molar-refractivity contribution in [2.24, 2.45) is 0 Å². The largest absolute Gasteiger partial charge is 0.324 e. The zero-order chi connectivity index (χ0) is 18.4. The van der Waals surface area contributed by atoms with E-state index in [0.29, 0.717) is 5.69 Å². The van der Waals surface area contributed by atoms with Crippen LogP contribution >= 0.6 is 11.8 Å². The number of non-ortho nitro benzene ring substituents is 1. The Morgan fingerprint density at radius 1 is 1.28 bits per heavy atom. The van der Waals surface area contributed by atoms with Gasteiger partial charge in [-0.25, -0.2) is 0 Å². The number of carbonyl (C=O) groups is 1. The van der Waals surface area contributed by atoms with Crippen molar-refractivity contribution in [2.45, 2.75) is 24.4 Å². The van der Waals surface area contributed by atoms with Crippen LogP contribution in [-0.4, -0.2) is 30.2 Å². The molecule has 2 N–H and O–H groups in total. The molecule has 0 aromatic heterocycles. The molecular formula is C18H22N3O3S+. The lowest BCUT2D eigenvalue weighted by molar-refractivity contribution is -0.907. The second kappa shape index (κ2) is 8.64. The quantitative estimate of drug-likeness (QED) is 0.451. The predicted molar refractivity (Wildman–Crippen MR) is 100 cm³/mol. The summed E-state index contributed by atoms with van der Waals surface area (Å²) in [6.45, 7) is 2.57. The maximum absolute atomic E-state index is 12.4. The van der Waals surface area contributed by atoms with Crippen molar-refractivity contribution in [1.29, 1.82) is 0 Å². The Morgan fingerprint density at radius 2 is 1.96 bits per heavy atom. The van der Waals surface area contributed by atoms with Gasteiger partial charge < -0.3 is 10.2 Å². The van der Waals surface area contributed by atoms with Gasteiger partial charge in [0, 0.05) is 28.3 Å². The first-order valence-electron chi connectivity index (χ1n) is 7.91. The molecule has 0 saturated carbocycles. The van der Waals surface area contributed by atoms with E-state index in [-0.39, 0.29) is 17.6 Å². The van der Waals surface area contributed by atoms with Crippen molar-refractivity contribution in [3.63, 3.8) is 0 Å². The number of nitro groups is 1. The highest BCUT2D eigenvalue weighted by atomic mass is 32.2. The number of likely N-dealkylation sites (N-methyl/N-ethyl adjacent to an activating group) is 1. The third-order valence-corrected chi connectivity index (χ3v) is 4.84. The summed E-state index contributed by atoms with van der Waals surface area (Å²) >= 11 is 1.69. The second-order valence-corrected chi connectivity index (χ2v) is 6.77.